The van der Waals surface area contributed by atoms with E-state index in [-0.39, 0.29) is 17.4 Å². The third-order valence-electron chi connectivity index (χ3n) is 5.18. The number of carbonyl (C=O) groups excluding carboxylic acids is 1. The number of hydrogen-bond donors (Lipinski definition) is 0. The number of amides is 1. The van der Waals surface area contributed by atoms with Crippen molar-refractivity contribution in [2.75, 3.05) is 0 Å². The number of hydrazone groups is 1. The van der Waals surface area contributed by atoms with Crippen molar-refractivity contribution >= 4 is 22.7 Å². The van der Waals surface area contributed by atoms with E-state index in [1.807, 2.05) is 32.0 Å². The van der Waals surface area contributed by atoms with Gasteiger partial charge in [-0.3, -0.25) is 4.79 Å². The summed E-state index contributed by atoms with van der Waals surface area (Å²) in [5.41, 5.74) is 2.32. The normalized spacial score (nSPS) is 21.2. The molecule has 2 aliphatic rings. The lowest BCUT2D eigenvalue weighted by atomic mass is 9.86. The third-order valence-corrected chi connectivity index (χ3v) is 6.61. The van der Waals surface area contributed by atoms with Gasteiger partial charge in [-0.05, 0) is 54.5 Å². The zero-order valence-electron chi connectivity index (χ0n) is 15.9. The van der Waals surface area contributed by atoms with Crippen LogP contribution in [0.5, 0.6) is 0 Å². The van der Waals surface area contributed by atoms with E-state index >= 15 is 0 Å². The average molecular weight is 400 g/mol. The van der Waals surface area contributed by atoms with Gasteiger partial charge in [0.05, 0.1) is 0 Å². The highest BCUT2D eigenvalue weighted by Crippen LogP contribution is 2.54. The van der Waals surface area contributed by atoms with Crippen molar-refractivity contribution in [3.05, 3.63) is 70.8 Å². The first kappa shape index (κ1) is 19.1. The Morgan fingerprint density at radius 2 is 2.04 bits per heavy atom. The average Bonchev–Trinajstić information content (AvgIpc) is 3.03. The minimum atomic E-state index is -0.699. The molecule has 1 aliphatic heterocycles. The van der Waals surface area contributed by atoms with Crippen molar-refractivity contribution in [2.24, 2.45) is 11.0 Å². The number of aryl methyl sites for hydroxylation is 1. The first-order valence-corrected chi connectivity index (χ1v) is 10.4. The number of thioether (sulfide) groups is 1. The van der Waals surface area contributed by atoms with Crippen molar-refractivity contribution in [1.82, 2.24) is 5.01 Å². The molecule has 0 radical (unpaired) electrons. The summed E-state index contributed by atoms with van der Waals surface area (Å²) in [4.78, 5) is 12.4. The summed E-state index contributed by atoms with van der Waals surface area (Å²) in [6.07, 6.45) is 2.92. The number of nitrogens with zero attached hydrogens (tertiary/aromatic N) is 2. The second kappa shape index (κ2) is 7.32. The molecular weight excluding hydrogens is 378 g/mol. The van der Waals surface area contributed by atoms with E-state index in [4.69, 9.17) is 0 Å². The van der Waals surface area contributed by atoms with Crippen LogP contribution in [-0.2, 0) is 16.1 Å². The lowest BCUT2D eigenvalue weighted by molar-refractivity contribution is -0.135. The molecule has 2 aromatic carbocycles. The van der Waals surface area contributed by atoms with Gasteiger partial charge in [-0.1, -0.05) is 49.9 Å². The van der Waals surface area contributed by atoms with Crippen LogP contribution in [0.1, 0.15) is 49.8 Å². The second-order valence-corrected chi connectivity index (χ2v) is 9.00. The maximum Gasteiger partial charge on any atom is 0.244 e. The summed E-state index contributed by atoms with van der Waals surface area (Å²) < 4.78 is 28.2. The summed E-state index contributed by atoms with van der Waals surface area (Å²) in [5, 5.41) is 6.44. The molecule has 3 nitrogen and oxygen atoms in total. The molecule has 6 heteroatoms. The molecule has 1 spiro atoms. The predicted molar refractivity (Wildman–Crippen MR) is 108 cm³/mol. The fourth-order valence-corrected chi connectivity index (χ4v) is 5.45. The Bertz CT molecular complexity index is 959. The molecule has 1 amide bonds. The van der Waals surface area contributed by atoms with E-state index in [2.05, 4.69) is 11.2 Å². The molecule has 0 bridgehead atoms. The van der Waals surface area contributed by atoms with Crippen LogP contribution < -0.4 is 0 Å². The highest BCUT2D eigenvalue weighted by molar-refractivity contribution is 8.15. The molecule has 0 N–H and O–H groups in total. The van der Waals surface area contributed by atoms with E-state index in [0.717, 1.165) is 43.0 Å². The first-order chi connectivity index (χ1) is 13.4. The van der Waals surface area contributed by atoms with Gasteiger partial charge in [-0.15, -0.1) is 0 Å². The van der Waals surface area contributed by atoms with Crippen molar-refractivity contribution in [3.8, 4) is 0 Å². The fourth-order valence-electron chi connectivity index (χ4n) is 3.96. The van der Waals surface area contributed by atoms with Gasteiger partial charge < -0.3 is 0 Å². The molecule has 4 rings (SSSR count). The van der Waals surface area contributed by atoms with Crippen LogP contribution in [0.25, 0.3) is 0 Å². The fraction of sp³-hybridized carbons (Fsp3) is 0.364. The number of carbonyl (C=O) groups is 1. The first-order valence-electron chi connectivity index (χ1n) is 9.55. The number of halogens is 2. The number of benzene rings is 2. The molecule has 2 aromatic rings. The van der Waals surface area contributed by atoms with Gasteiger partial charge in [0.15, 0.2) is 0 Å². The molecule has 28 heavy (non-hydrogen) atoms. The standard InChI is InChI=1S/C22H22F2N2OS/c1-14(2)12-20(27)26-22(11-5-7-15-6-3-4-8-18(15)22)28-21(25-26)17-13-16(23)9-10-19(17)24/h3-4,6,8-10,13-14H,5,7,11-12H2,1-2H3. The highest BCUT2D eigenvalue weighted by atomic mass is 32.2. The lowest BCUT2D eigenvalue weighted by Gasteiger charge is -2.40. The van der Waals surface area contributed by atoms with Crippen LogP contribution in [0.4, 0.5) is 8.78 Å². The van der Waals surface area contributed by atoms with Gasteiger partial charge in [0, 0.05) is 12.0 Å². The molecule has 0 saturated carbocycles. The Hall–Kier alpha value is -2.21. The van der Waals surface area contributed by atoms with Gasteiger partial charge in [-0.2, -0.15) is 5.10 Å². The molecule has 1 atom stereocenters. The summed E-state index contributed by atoms with van der Waals surface area (Å²) in [7, 11) is 0. The summed E-state index contributed by atoms with van der Waals surface area (Å²) >= 11 is 1.36. The second-order valence-electron chi connectivity index (χ2n) is 7.73. The highest BCUT2D eigenvalue weighted by Gasteiger charge is 2.50. The minimum Gasteiger partial charge on any atom is -0.273 e. The van der Waals surface area contributed by atoms with Crippen molar-refractivity contribution in [1.29, 1.82) is 0 Å². The summed E-state index contributed by atoms with van der Waals surface area (Å²) in [6.45, 7) is 3.97. The maximum atomic E-state index is 14.4. The minimum absolute atomic E-state index is 0.0917. The quantitative estimate of drug-likeness (QED) is 0.687. The molecule has 0 saturated heterocycles. The van der Waals surface area contributed by atoms with Crippen LogP contribution in [0.15, 0.2) is 47.6 Å². The molecule has 0 fully saturated rings. The smallest absolute Gasteiger partial charge is 0.244 e. The van der Waals surface area contributed by atoms with Gasteiger partial charge in [0.25, 0.3) is 0 Å². The Kier molecular flexibility index (Phi) is 5.00. The molecular formula is C22H22F2N2OS. The van der Waals surface area contributed by atoms with Crippen LogP contribution >= 0.6 is 11.8 Å². The molecule has 146 valence electrons. The van der Waals surface area contributed by atoms with Gasteiger partial charge in [0.2, 0.25) is 5.91 Å². The largest absolute Gasteiger partial charge is 0.273 e. The molecule has 1 unspecified atom stereocenters. The number of hydrogen-bond acceptors (Lipinski definition) is 3. The monoisotopic (exact) mass is 400 g/mol. The van der Waals surface area contributed by atoms with Gasteiger partial charge in [-0.25, -0.2) is 13.8 Å². The van der Waals surface area contributed by atoms with Crippen molar-refractivity contribution in [3.63, 3.8) is 0 Å². The third kappa shape index (κ3) is 3.24. The molecule has 1 aliphatic carbocycles. The van der Waals surface area contributed by atoms with Crippen LogP contribution in [0.2, 0.25) is 0 Å². The van der Waals surface area contributed by atoms with Crippen LogP contribution in [-0.4, -0.2) is 16.0 Å². The SMILES string of the molecule is CC(C)CC(=O)N1N=C(c2cc(F)ccc2F)SC12CCCc1ccccc12. The molecule has 0 aromatic heterocycles. The van der Waals surface area contributed by atoms with E-state index in [0.29, 0.717) is 11.5 Å². The number of fused-ring (bicyclic) bond motifs is 2. The zero-order valence-corrected chi connectivity index (χ0v) is 16.7. The van der Waals surface area contributed by atoms with E-state index in [1.54, 1.807) is 0 Å². The molecule has 1 heterocycles. The van der Waals surface area contributed by atoms with E-state index in [9.17, 15) is 13.6 Å². The van der Waals surface area contributed by atoms with Crippen molar-refractivity contribution < 1.29 is 13.6 Å². The van der Waals surface area contributed by atoms with Crippen LogP contribution in [0, 0.1) is 17.6 Å². The Balaban J connectivity index is 1.83. The number of rotatable bonds is 3. The van der Waals surface area contributed by atoms with E-state index < -0.39 is 16.5 Å². The topological polar surface area (TPSA) is 32.7 Å². The maximum absolute atomic E-state index is 14.4. The van der Waals surface area contributed by atoms with Crippen molar-refractivity contribution in [2.45, 2.75) is 44.4 Å². The lowest BCUT2D eigenvalue weighted by Crippen LogP contribution is -2.44. The summed E-state index contributed by atoms with van der Waals surface area (Å²) in [5.74, 6) is -0.973. The predicted octanol–water partition coefficient (Wildman–Crippen LogP) is 5.44. The Labute approximate surface area is 167 Å². The van der Waals surface area contributed by atoms with Crippen LogP contribution in [0.3, 0.4) is 0 Å². The Morgan fingerprint density at radius 3 is 2.82 bits per heavy atom. The van der Waals surface area contributed by atoms with Gasteiger partial charge >= 0.3 is 0 Å². The Morgan fingerprint density at radius 1 is 1.25 bits per heavy atom. The van der Waals surface area contributed by atoms with E-state index in [1.165, 1.54) is 22.3 Å². The zero-order chi connectivity index (χ0) is 19.9. The van der Waals surface area contributed by atoms with Gasteiger partial charge in [0.1, 0.15) is 21.5 Å². The summed E-state index contributed by atoms with van der Waals surface area (Å²) in [6, 6.07) is 11.4.